The van der Waals surface area contributed by atoms with Gasteiger partial charge in [0.25, 0.3) is 0 Å². The lowest BCUT2D eigenvalue weighted by Gasteiger charge is -2.16. The molecule has 1 aliphatic rings. The highest BCUT2D eigenvalue weighted by atomic mass is 79.9. The molecule has 2 aromatic rings. The van der Waals surface area contributed by atoms with Gasteiger partial charge in [-0.15, -0.1) is 0 Å². The SMILES string of the molecule is CC1(C)Cc2cc(C(N)c3cccc(Br)c3Cl)ccc2O1. The molecule has 110 valence electrons. The highest BCUT2D eigenvalue weighted by Crippen LogP contribution is 2.38. The number of hydrogen-bond donors (Lipinski definition) is 1. The molecule has 3 rings (SSSR count). The summed E-state index contributed by atoms with van der Waals surface area (Å²) in [6, 6.07) is 11.7. The van der Waals surface area contributed by atoms with Crippen LogP contribution in [-0.4, -0.2) is 5.60 Å². The maximum atomic E-state index is 6.40. The Morgan fingerprint density at radius 3 is 2.81 bits per heavy atom. The molecule has 0 amide bonds. The highest BCUT2D eigenvalue weighted by Gasteiger charge is 2.30. The first-order valence-corrected chi connectivity index (χ1v) is 8.06. The fourth-order valence-corrected chi connectivity index (χ4v) is 3.39. The quantitative estimate of drug-likeness (QED) is 0.823. The Bertz CT molecular complexity index is 699. The van der Waals surface area contributed by atoms with Crippen LogP contribution in [0.25, 0.3) is 0 Å². The van der Waals surface area contributed by atoms with E-state index >= 15 is 0 Å². The molecule has 2 nitrogen and oxygen atoms in total. The second-order valence-corrected chi connectivity index (χ2v) is 7.26. The molecule has 0 radical (unpaired) electrons. The number of rotatable bonds is 2. The zero-order chi connectivity index (χ0) is 15.2. The van der Waals surface area contributed by atoms with Crippen LogP contribution in [0.5, 0.6) is 5.75 Å². The molecule has 0 spiro atoms. The molecule has 0 saturated heterocycles. The van der Waals surface area contributed by atoms with Crippen LogP contribution >= 0.6 is 27.5 Å². The van der Waals surface area contributed by atoms with Gasteiger partial charge in [0.05, 0.1) is 11.1 Å². The zero-order valence-corrected chi connectivity index (χ0v) is 14.3. The summed E-state index contributed by atoms with van der Waals surface area (Å²) in [6.45, 7) is 4.19. The lowest BCUT2D eigenvalue weighted by molar-refractivity contribution is 0.138. The van der Waals surface area contributed by atoms with Crippen molar-refractivity contribution in [1.29, 1.82) is 0 Å². The Hall–Kier alpha value is -1.03. The molecule has 0 fully saturated rings. The Morgan fingerprint density at radius 2 is 2.05 bits per heavy atom. The molecule has 1 atom stereocenters. The first kappa shape index (κ1) is 14.9. The molecular weight excluding hydrogens is 350 g/mol. The Labute approximate surface area is 138 Å². The number of ether oxygens (including phenoxy) is 1. The van der Waals surface area contributed by atoms with Gasteiger partial charge in [-0.05, 0) is 58.6 Å². The molecule has 2 aromatic carbocycles. The Kier molecular flexibility index (Phi) is 3.76. The minimum Gasteiger partial charge on any atom is -0.487 e. The molecule has 2 N–H and O–H groups in total. The lowest BCUT2D eigenvalue weighted by Crippen LogP contribution is -2.24. The summed E-state index contributed by atoms with van der Waals surface area (Å²) in [6.07, 6.45) is 0.898. The molecule has 0 bridgehead atoms. The van der Waals surface area contributed by atoms with Crippen LogP contribution in [0.1, 0.15) is 36.6 Å². The number of fused-ring (bicyclic) bond motifs is 1. The van der Waals surface area contributed by atoms with Crippen molar-refractivity contribution in [3.63, 3.8) is 0 Å². The average molecular weight is 367 g/mol. The van der Waals surface area contributed by atoms with E-state index in [-0.39, 0.29) is 11.6 Å². The van der Waals surface area contributed by atoms with Crippen LogP contribution in [0.2, 0.25) is 5.02 Å². The molecule has 0 aliphatic carbocycles. The van der Waals surface area contributed by atoms with Gasteiger partial charge in [-0.2, -0.15) is 0 Å². The maximum absolute atomic E-state index is 6.40. The number of hydrogen-bond acceptors (Lipinski definition) is 2. The van der Waals surface area contributed by atoms with E-state index in [0.717, 1.165) is 27.8 Å². The normalized spacial score (nSPS) is 17.2. The van der Waals surface area contributed by atoms with Crippen LogP contribution in [0.3, 0.4) is 0 Å². The van der Waals surface area contributed by atoms with Crippen molar-refractivity contribution in [2.45, 2.75) is 31.9 Å². The minimum atomic E-state index is -0.246. The summed E-state index contributed by atoms with van der Waals surface area (Å²) in [7, 11) is 0. The van der Waals surface area contributed by atoms with E-state index in [1.807, 2.05) is 30.3 Å². The van der Waals surface area contributed by atoms with Crippen LogP contribution in [0, 0.1) is 0 Å². The first-order valence-electron chi connectivity index (χ1n) is 6.89. The van der Waals surface area contributed by atoms with Gasteiger partial charge in [0.1, 0.15) is 11.4 Å². The average Bonchev–Trinajstić information content (AvgIpc) is 2.73. The van der Waals surface area contributed by atoms with Gasteiger partial charge in [0, 0.05) is 10.9 Å². The molecule has 21 heavy (non-hydrogen) atoms. The van der Waals surface area contributed by atoms with Gasteiger partial charge < -0.3 is 10.5 Å². The maximum Gasteiger partial charge on any atom is 0.123 e. The second-order valence-electron chi connectivity index (χ2n) is 6.03. The number of benzene rings is 2. The van der Waals surface area contributed by atoms with E-state index in [4.69, 9.17) is 22.1 Å². The van der Waals surface area contributed by atoms with E-state index in [1.54, 1.807) is 0 Å². The topological polar surface area (TPSA) is 35.2 Å². The second kappa shape index (κ2) is 5.31. The summed E-state index contributed by atoms with van der Waals surface area (Å²) in [5.74, 6) is 0.955. The molecule has 0 saturated carbocycles. The third-order valence-corrected chi connectivity index (χ3v) is 5.07. The summed E-state index contributed by atoms with van der Waals surface area (Å²) in [4.78, 5) is 0. The van der Waals surface area contributed by atoms with Crippen molar-refractivity contribution in [1.82, 2.24) is 0 Å². The first-order chi connectivity index (χ1) is 9.87. The lowest BCUT2D eigenvalue weighted by atomic mass is 9.95. The fraction of sp³-hybridized carbons (Fsp3) is 0.294. The predicted molar refractivity (Wildman–Crippen MR) is 90.0 cm³/mol. The molecule has 1 heterocycles. The highest BCUT2D eigenvalue weighted by molar-refractivity contribution is 9.10. The number of halogens is 2. The van der Waals surface area contributed by atoms with Gasteiger partial charge in [-0.3, -0.25) is 0 Å². The fourth-order valence-electron chi connectivity index (χ4n) is 2.76. The van der Waals surface area contributed by atoms with Gasteiger partial charge in [-0.25, -0.2) is 0 Å². The van der Waals surface area contributed by atoms with Crippen molar-refractivity contribution < 1.29 is 4.74 Å². The molecule has 4 heteroatoms. The molecule has 1 unspecified atom stereocenters. The van der Waals surface area contributed by atoms with Crippen LogP contribution in [-0.2, 0) is 6.42 Å². The number of nitrogens with two attached hydrogens (primary N) is 1. The Morgan fingerprint density at radius 1 is 1.29 bits per heavy atom. The Balaban J connectivity index is 1.97. The van der Waals surface area contributed by atoms with Crippen molar-refractivity contribution in [3.8, 4) is 5.75 Å². The van der Waals surface area contributed by atoms with Gasteiger partial charge >= 0.3 is 0 Å². The van der Waals surface area contributed by atoms with Gasteiger partial charge in [0.2, 0.25) is 0 Å². The smallest absolute Gasteiger partial charge is 0.123 e. The molecule has 0 aromatic heterocycles. The van der Waals surface area contributed by atoms with Crippen LogP contribution in [0.15, 0.2) is 40.9 Å². The monoisotopic (exact) mass is 365 g/mol. The summed E-state index contributed by atoms with van der Waals surface area (Å²) >= 11 is 9.79. The van der Waals surface area contributed by atoms with E-state index in [9.17, 15) is 0 Å². The zero-order valence-electron chi connectivity index (χ0n) is 12.0. The third kappa shape index (κ3) is 2.83. The van der Waals surface area contributed by atoms with Crippen LogP contribution < -0.4 is 10.5 Å². The van der Waals surface area contributed by atoms with E-state index in [0.29, 0.717) is 5.02 Å². The summed E-state index contributed by atoms with van der Waals surface area (Å²) < 4.78 is 6.77. The van der Waals surface area contributed by atoms with Crippen molar-refractivity contribution >= 4 is 27.5 Å². The van der Waals surface area contributed by atoms with Crippen LogP contribution in [0.4, 0.5) is 0 Å². The van der Waals surface area contributed by atoms with Gasteiger partial charge in [0.15, 0.2) is 0 Å². The van der Waals surface area contributed by atoms with Gasteiger partial charge in [-0.1, -0.05) is 35.9 Å². The largest absolute Gasteiger partial charge is 0.487 e. The van der Waals surface area contributed by atoms with E-state index < -0.39 is 0 Å². The molecule has 1 aliphatic heterocycles. The molecular formula is C17H17BrClNO. The minimum absolute atomic E-state index is 0.140. The third-order valence-electron chi connectivity index (χ3n) is 3.76. The van der Waals surface area contributed by atoms with E-state index in [1.165, 1.54) is 5.56 Å². The summed E-state index contributed by atoms with van der Waals surface area (Å²) in [5.41, 5.74) is 9.44. The predicted octanol–water partition coefficient (Wildman–Crippen LogP) is 4.86. The van der Waals surface area contributed by atoms with Crippen molar-refractivity contribution in [2.24, 2.45) is 5.73 Å². The van der Waals surface area contributed by atoms with Crippen molar-refractivity contribution in [2.75, 3.05) is 0 Å². The summed E-state index contributed by atoms with van der Waals surface area (Å²) in [5, 5.41) is 0.669. The van der Waals surface area contributed by atoms with Crippen molar-refractivity contribution in [3.05, 3.63) is 62.6 Å². The standard InChI is InChI=1S/C17H17BrClNO/c1-17(2)9-11-8-10(6-7-14(11)21-17)16(20)12-4-3-5-13(18)15(12)19/h3-8,16H,9,20H2,1-2H3. The van der Waals surface area contributed by atoms with E-state index in [2.05, 4.69) is 35.8 Å².